The lowest BCUT2D eigenvalue weighted by Crippen LogP contribution is -2.40. The minimum atomic E-state index is 0.696. The summed E-state index contributed by atoms with van der Waals surface area (Å²) in [6.45, 7) is 5.89. The Morgan fingerprint density at radius 3 is 2.67 bits per heavy atom. The van der Waals surface area contributed by atoms with Gasteiger partial charge in [-0.3, -0.25) is 4.90 Å². The fourth-order valence-electron chi connectivity index (χ4n) is 3.01. The molecule has 1 N–H and O–H groups in total. The van der Waals surface area contributed by atoms with Gasteiger partial charge in [0.15, 0.2) is 0 Å². The van der Waals surface area contributed by atoms with E-state index >= 15 is 0 Å². The fraction of sp³-hybridized carbons (Fsp3) is 0.625. The molecule has 2 heteroatoms. The van der Waals surface area contributed by atoms with Crippen LogP contribution in [-0.2, 0) is 6.54 Å². The predicted octanol–water partition coefficient (Wildman–Crippen LogP) is 2.65. The Balaban J connectivity index is 1.67. The maximum atomic E-state index is 3.75. The van der Waals surface area contributed by atoms with E-state index in [0.29, 0.717) is 6.04 Å². The lowest BCUT2D eigenvalue weighted by Gasteiger charge is -2.29. The summed E-state index contributed by atoms with van der Waals surface area (Å²) in [5.74, 6) is 0.952. The van der Waals surface area contributed by atoms with E-state index in [2.05, 4.69) is 47.5 Å². The molecular weight excluding hydrogens is 220 g/mol. The molecule has 1 aromatic rings. The van der Waals surface area contributed by atoms with Gasteiger partial charge in [0.1, 0.15) is 0 Å². The van der Waals surface area contributed by atoms with Gasteiger partial charge in [-0.05, 0) is 44.2 Å². The molecule has 2 fully saturated rings. The smallest absolute Gasteiger partial charge is 0.0237 e. The van der Waals surface area contributed by atoms with Crippen LogP contribution in [0.25, 0.3) is 0 Å². The molecule has 1 aromatic carbocycles. The predicted molar refractivity (Wildman–Crippen MR) is 75.4 cm³/mol. The van der Waals surface area contributed by atoms with Gasteiger partial charge in [-0.1, -0.05) is 30.3 Å². The summed E-state index contributed by atoms with van der Waals surface area (Å²) in [6.07, 6.45) is 4.15. The highest BCUT2D eigenvalue weighted by Crippen LogP contribution is 2.34. The van der Waals surface area contributed by atoms with Gasteiger partial charge in [0.25, 0.3) is 0 Å². The molecule has 2 unspecified atom stereocenters. The number of hydrogen-bond acceptors (Lipinski definition) is 2. The van der Waals surface area contributed by atoms with E-state index in [9.17, 15) is 0 Å². The first kappa shape index (κ1) is 12.2. The molecule has 1 aliphatic heterocycles. The molecule has 0 radical (unpaired) electrons. The van der Waals surface area contributed by atoms with Gasteiger partial charge in [-0.25, -0.2) is 0 Å². The lowest BCUT2D eigenvalue weighted by atomic mass is 10.1. The van der Waals surface area contributed by atoms with Crippen molar-refractivity contribution in [3.63, 3.8) is 0 Å². The third-order valence-electron chi connectivity index (χ3n) is 4.44. The van der Waals surface area contributed by atoms with Crippen molar-refractivity contribution in [3.8, 4) is 0 Å². The highest BCUT2D eigenvalue weighted by molar-refractivity contribution is 5.14. The van der Waals surface area contributed by atoms with Crippen LogP contribution >= 0.6 is 0 Å². The summed E-state index contributed by atoms with van der Waals surface area (Å²) < 4.78 is 0. The van der Waals surface area contributed by atoms with Crippen molar-refractivity contribution in [2.75, 3.05) is 13.1 Å². The number of rotatable bonds is 3. The second-order valence-electron chi connectivity index (χ2n) is 5.95. The summed E-state index contributed by atoms with van der Waals surface area (Å²) in [5.41, 5.74) is 1.45. The zero-order chi connectivity index (χ0) is 12.4. The topological polar surface area (TPSA) is 15.3 Å². The Labute approximate surface area is 110 Å². The molecule has 98 valence electrons. The van der Waals surface area contributed by atoms with Crippen LogP contribution < -0.4 is 5.32 Å². The molecule has 2 aliphatic rings. The Morgan fingerprint density at radius 2 is 1.94 bits per heavy atom. The monoisotopic (exact) mass is 244 g/mol. The molecule has 0 amide bonds. The first-order chi connectivity index (χ1) is 8.83. The van der Waals surface area contributed by atoms with E-state index in [1.807, 2.05) is 0 Å². The Kier molecular flexibility index (Phi) is 3.67. The van der Waals surface area contributed by atoms with Crippen molar-refractivity contribution in [1.82, 2.24) is 10.2 Å². The van der Waals surface area contributed by atoms with Crippen LogP contribution in [0.4, 0.5) is 0 Å². The number of benzene rings is 1. The van der Waals surface area contributed by atoms with Gasteiger partial charge in [0.2, 0.25) is 0 Å². The number of nitrogens with zero attached hydrogens (tertiary/aromatic N) is 1. The lowest BCUT2D eigenvalue weighted by molar-refractivity contribution is 0.191. The Hall–Kier alpha value is -0.860. The van der Waals surface area contributed by atoms with Crippen LogP contribution in [0, 0.1) is 5.92 Å². The number of nitrogens with one attached hydrogen (secondary N) is 1. The summed E-state index contributed by atoms with van der Waals surface area (Å²) >= 11 is 0. The second-order valence-corrected chi connectivity index (χ2v) is 5.95. The highest BCUT2D eigenvalue weighted by atomic mass is 15.2. The molecule has 0 spiro atoms. The zero-order valence-corrected chi connectivity index (χ0v) is 11.3. The van der Waals surface area contributed by atoms with Gasteiger partial charge in [0.05, 0.1) is 0 Å². The van der Waals surface area contributed by atoms with E-state index in [0.717, 1.165) is 18.5 Å². The van der Waals surface area contributed by atoms with Gasteiger partial charge in [-0.15, -0.1) is 0 Å². The van der Waals surface area contributed by atoms with E-state index in [1.54, 1.807) is 0 Å². The summed E-state index contributed by atoms with van der Waals surface area (Å²) in [4.78, 5) is 2.66. The van der Waals surface area contributed by atoms with Crippen molar-refractivity contribution in [1.29, 1.82) is 0 Å². The molecule has 2 nitrogen and oxygen atoms in total. The number of hydrogen-bond donors (Lipinski definition) is 1. The molecule has 1 saturated carbocycles. The highest BCUT2D eigenvalue weighted by Gasteiger charge is 2.34. The van der Waals surface area contributed by atoms with Crippen LogP contribution in [0.5, 0.6) is 0 Å². The van der Waals surface area contributed by atoms with E-state index < -0.39 is 0 Å². The molecule has 1 heterocycles. The molecule has 3 rings (SSSR count). The van der Waals surface area contributed by atoms with Crippen molar-refractivity contribution < 1.29 is 0 Å². The molecule has 0 aromatic heterocycles. The van der Waals surface area contributed by atoms with Crippen molar-refractivity contribution in [2.45, 2.75) is 44.8 Å². The third kappa shape index (κ3) is 2.93. The zero-order valence-electron chi connectivity index (χ0n) is 11.3. The van der Waals surface area contributed by atoms with Crippen molar-refractivity contribution in [2.24, 2.45) is 5.92 Å². The van der Waals surface area contributed by atoms with Gasteiger partial charge >= 0.3 is 0 Å². The minimum absolute atomic E-state index is 0.696. The van der Waals surface area contributed by atoms with Crippen LogP contribution in [0.3, 0.4) is 0 Å². The van der Waals surface area contributed by atoms with Crippen LogP contribution in [0.15, 0.2) is 30.3 Å². The maximum Gasteiger partial charge on any atom is 0.0237 e. The van der Waals surface area contributed by atoms with E-state index in [4.69, 9.17) is 0 Å². The van der Waals surface area contributed by atoms with Gasteiger partial charge < -0.3 is 5.32 Å². The van der Waals surface area contributed by atoms with Crippen molar-refractivity contribution in [3.05, 3.63) is 35.9 Å². The SMILES string of the molecule is CC1CCNC(C2CC2)CN1Cc1ccccc1. The fourth-order valence-corrected chi connectivity index (χ4v) is 3.01. The first-order valence-electron chi connectivity index (χ1n) is 7.34. The van der Waals surface area contributed by atoms with Gasteiger partial charge in [0, 0.05) is 25.2 Å². The van der Waals surface area contributed by atoms with E-state index in [1.165, 1.54) is 37.9 Å². The molecule has 2 atom stereocenters. The van der Waals surface area contributed by atoms with E-state index in [-0.39, 0.29) is 0 Å². The standard InChI is InChI=1S/C16H24N2/c1-13-9-10-17-16(15-7-8-15)12-18(13)11-14-5-3-2-4-6-14/h2-6,13,15-17H,7-12H2,1H3. The molecule has 18 heavy (non-hydrogen) atoms. The second kappa shape index (κ2) is 5.41. The normalized spacial score (nSPS) is 30.1. The average Bonchev–Trinajstić information content (AvgIpc) is 3.21. The molecular formula is C16H24N2. The third-order valence-corrected chi connectivity index (χ3v) is 4.44. The molecule has 1 aliphatic carbocycles. The molecule has 1 saturated heterocycles. The molecule has 0 bridgehead atoms. The first-order valence-corrected chi connectivity index (χ1v) is 7.34. The largest absolute Gasteiger partial charge is 0.312 e. The Morgan fingerprint density at radius 1 is 1.17 bits per heavy atom. The summed E-state index contributed by atoms with van der Waals surface area (Å²) in [7, 11) is 0. The van der Waals surface area contributed by atoms with Crippen LogP contribution in [0.2, 0.25) is 0 Å². The van der Waals surface area contributed by atoms with Crippen LogP contribution in [0.1, 0.15) is 31.7 Å². The quantitative estimate of drug-likeness (QED) is 0.879. The Bertz CT molecular complexity index is 372. The van der Waals surface area contributed by atoms with Gasteiger partial charge in [-0.2, -0.15) is 0 Å². The summed E-state index contributed by atoms with van der Waals surface area (Å²) in [5, 5.41) is 3.75. The van der Waals surface area contributed by atoms with Crippen molar-refractivity contribution >= 4 is 0 Å². The van der Waals surface area contributed by atoms with Crippen LogP contribution in [-0.4, -0.2) is 30.1 Å². The maximum absolute atomic E-state index is 3.75. The average molecular weight is 244 g/mol. The summed E-state index contributed by atoms with van der Waals surface area (Å²) in [6, 6.07) is 12.3. The minimum Gasteiger partial charge on any atom is -0.312 e.